The van der Waals surface area contributed by atoms with Gasteiger partial charge in [-0.05, 0) is 31.6 Å². The maximum absolute atomic E-state index is 11.2. The number of nitro groups is 1. The maximum atomic E-state index is 11.2. The van der Waals surface area contributed by atoms with Gasteiger partial charge in [-0.2, -0.15) is 5.10 Å². The number of nitrogens with one attached hydrogen (secondary N) is 1. The van der Waals surface area contributed by atoms with Crippen molar-refractivity contribution in [2.24, 2.45) is 5.41 Å². The van der Waals surface area contributed by atoms with Crippen molar-refractivity contribution >= 4 is 11.5 Å². The first kappa shape index (κ1) is 13.8. The van der Waals surface area contributed by atoms with E-state index in [1.54, 1.807) is 11.6 Å². The SMILES string of the molecule is CCCn1nc(C)c([N+](=O)[O-])c1NCC1(C)CCC1. The topological polar surface area (TPSA) is 73.0 Å². The van der Waals surface area contributed by atoms with Crippen LogP contribution < -0.4 is 5.32 Å². The number of hydrogen-bond acceptors (Lipinski definition) is 4. The monoisotopic (exact) mass is 266 g/mol. The zero-order valence-corrected chi connectivity index (χ0v) is 11.9. The first-order valence-electron chi connectivity index (χ1n) is 6.92. The summed E-state index contributed by atoms with van der Waals surface area (Å²) in [4.78, 5) is 10.8. The van der Waals surface area contributed by atoms with Crippen LogP contribution in [0.25, 0.3) is 0 Å². The Balaban J connectivity index is 2.22. The van der Waals surface area contributed by atoms with Crippen LogP contribution in [0.3, 0.4) is 0 Å². The number of hydrogen-bond donors (Lipinski definition) is 1. The lowest BCUT2D eigenvalue weighted by atomic mass is 9.70. The molecule has 1 N–H and O–H groups in total. The molecule has 1 aliphatic rings. The molecule has 0 amide bonds. The Labute approximate surface area is 113 Å². The lowest BCUT2D eigenvalue weighted by Crippen LogP contribution is -2.33. The van der Waals surface area contributed by atoms with Crippen molar-refractivity contribution in [3.63, 3.8) is 0 Å². The molecular weight excluding hydrogens is 244 g/mol. The Morgan fingerprint density at radius 1 is 1.53 bits per heavy atom. The van der Waals surface area contributed by atoms with Gasteiger partial charge in [0.05, 0.1) is 4.92 Å². The molecule has 2 rings (SSSR count). The van der Waals surface area contributed by atoms with Crippen molar-refractivity contribution in [2.45, 2.75) is 53.0 Å². The van der Waals surface area contributed by atoms with Crippen LogP contribution in [0, 0.1) is 22.5 Å². The van der Waals surface area contributed by atoms with Gasteiger partial charge < -0.3 is 5.32 Å². The van der Waals surface area contributed by atoms with Gasteiger partial charge in [-0.25, -0.2) is 4.68 Å². The average molecular weight is 266 g/mol. The molecule has 0 spiro atoms. The zero-order valence-electron chi connectivity index (χ0n) is 11.9. The predicted molar refractivity (Wildman–Crippen MR) is 74.4 cm³/mol. The Hall–Kier alpha value is -1.59. The summed E-state index contributed by atoms with van der Waals surface area (Å²) in [7, 11) is 0. The summed E-state index contributed by atoms with van der Waals surface area (Å²) in [6.07, 6.45) is 4.54. The van der Waals surface area contributed by atoms with E-state index in [1.807, 2.05) is 6.92 Å². The second-order valence-corrected chi connectivity index (χ2v) is 5.78. The van der Waals surface area contributed by atoms with Gasteiger partial charge in [-0.15, -0.1) is 0 Å². The molecule has 1 aliphatic carbocycles. The minimum atomic E-state index is -0.333. The minimum absolute atomic E-state index is 0.122. The maximum Gasteiger partial charge on any atom is 0.333 e. The molecule has 6 nitrogen and oxygen atoms in total. The van der Waals surface area contributed by atoms with E-state index in [0.717, 1.165) is 13.0 Å². The standard InChI is InChI=1S/C13H22N4O2/c1-4-8-16-12(11(17(18)19)10(2)15-16)14-9-13(3)6-5-7-13/h14H,4-9H2,1-3H3. The highest BCUT2D eigenvalue weighted by molar-refractivity contribution is 5.59. The molecule has 0 radical (unpaired) electrons. The van der Waals surface area contributed by atoms with Gasteiger partial charge in [0.15, 0.2) is 0 Å². The van der Waals surface area contributed by atoms with E-state index in [2.05, 4.69) is 17.3 Å². The fourth-order valence-corrected chi connectivity index (χ4v) is 2.59. The molecule has 1 heterocycles. The molecule has 1 aromatic rings. The molecule has 19 heavy (non-hydrogen) atoms. The molecule has 1 fully saturated rings. The second-order valence-electron chi connectivity index (χ2n) is 5.78. The van der Waals surface area contributed by atoms with Crippen LogP contribution in [0.2, 0.25) is 0 Å². The van der Waals surface area contributed by atoms with Crippen molar-refractivity contribution in [3.8, 4) is 0 Å². The molecule has 0 aromatic carbocycles. The van der Waals surface area contributed by atoms with Gasteiger partial charge in [0.25, 0.3) is 0 Å². The number of nitrogens with zero attached hydrogens (tertiary/aromatic N) is 3. The van der Waals surface area contributed by atoms with Crippen molar-refractivity contribution in [2.75, 3.05) is 11.9 Å². The quantitative estimate of drug-likeness (QED) is 0.634. The number of rotatable bonds is 6. The lowest BCUT2D eigenvalue weighted by Gasteiger charge is -2.38. The zero-order chi connectivity index (χ0) is 14.0. The van der Waals surface area contributed by atoms with E-state index in [-0.39, 0.29) is 16.0 Å². The lowest BCUT2D eigenvalue weighted by molar-refractivity contribution is -0.384. The number of aryl methyl sites for hydroxylation is 2. The highest BCUT2D eigenvalue weighted by Gasteiger charge is 2.33. The van der Waals surface area contributed by atoms with Gasteiger partial charge in [-0.1, -0.05) is 20.3 Å². The van der Waals surface area contributed by atoms with Crippen LogP contribution in [-0.2, 0) is 6.54 Å². The molecular formula is C13H22N4O2. The third kappa shape index (κ3) is 2.72. The van der Waals surface area contributed by atoms with Crippen LogP contribution in [-0.4, -0.2) is 21.2 Å². The predicted octanol–water partition coefficient (Wildman–Crippen LogP) is 3.11. The van der Waals surface area contributed by atoms with Crippen molar-refractivity contribution < 1.29 is 4.92 Å². The third-order valence-corrected chi connectivity index (χ3v) is 3.96. The van der Waals surface area contributed by atoms with Gasteiger partial charge in [0.2, 0.25) is 5.82 Å². The summed E-state index contributed by atoms with van der Waals surface area (Å²) >= 11 is 0. The van der Waals surface area contributed by atoms with E-state index >= 15 is 0 Å². The summed E-state index contributed by atoms with van der Waals surface area (Å²) in [5, 5.41) is 18.7. The van der Waals surface area contributed by atoms with Crippen molar-refractivity contribution in [3.05, 3.63) is 15.8 Å². The van der Waals surface area contributed by atoms with Crippen molar-refractivity contribution in [1.29, 1.82) is 0 Å². The van der Waals surface area contributed by atoms with Gasteiger partial charge in [0, 0.05) is 13.1 Å². The molecule has 0 bridgehead atoms. The molecule has 1 aromatic heterocycles. The summed E-state index contributed by atoms with van der Waals surface area (Å²) in [5.41, 5.74) is 0.888. The Bertz CT molecular complexity index is 477. The summed E-state index contributed by atoms with van der Waals surface area (Å²) < 4.78 is 1.73. The second kappa shape index (κ2) is 5.19. The third-order valence-electron chi connectivity index (χ3n) is 3.96. The van der Waals surface area contributed by atoms with Gasteiger partial charge >= 0.3 is 5.69 Å². The van der Waals surface area contributed by atoms with E-state index in [4.69, 9.17) is 0 Å². The highest BCUT2D eigenvalue weighted by atomic mass is 16.6. The van der Waals surface area contributed by atoms with Crippen LogP contribution >= 0.6 is 0 Å². The Morgan fingerprint density at radius 3 is 2.68 bits per heavy atom. The van der Waals surface area contributed by atoms with Gasteiger partial charge in [-0.3, -0.25) is 10.1 Å². The van der Waals surface area contributed by atoms with Crippen LogP contribution in [0.1, 0.15) is 45.2 Å². The Morgan fingerprint density at radius 2 is 2.21 bits per heavy atom. The fourth-order valence-electron chi connectivity index (χ4n) is 2.59. The van der Waals surface area contributed by atoms with Gasteiger partial charge in [0.1, 0.15) is 5.69 Å². The largest absolute Gasteiger partial charge is 0.364 e. The normalized spacial score (nSPS) is 17.0. The minimum Gasteiger partial charge on any atom is -0.364 e. The number of aromatic nitrogens is 2. The molecule has 0 atom stereocenters. The van der Waals surface area contributed by atoms with Crippen LogP contribution in [0.5, 0.6) is 0 Å². The highest BCUT2D eigenvalue weighted by Crippen LogP contribution is 2.41. The van der Waals surface area contributed by atoms with E-state index in [9.17, 15) is 10.1 Å². The molecule has 1 saturated carbocycles. The van der Waals surface area contributed by atoms with Crippen LogP contribution in [0.4, 0.5) is 11.5 Å². The Kier molecular flexibility index (Phi) is 3.78. The average Bonchev–Trinajstić information content (AvgIpc) is 2.61. The fraction of sp³-hybridized carbons (Fsp3) is 0.769. The van der Waals surface area contributed by atoms with Crippen LogP contribution in [0.15, 0.2) is 0 Å². The van der Waals surface area contributed by atoms with E-state index < -0.39 is 0 Å². The molecule has 0 unspecified atom stereocenters. The molecule has 0 saturated heterocycles. The molecule has 0 aliphatic heterocycles. The smallest absolute Gasteiger partial charge is 0.333 e. The molecule has 106 valence electrons. The first-order valence-corrected chi connectivity index (χ1v) is 6.92. The molecule has 6 heteroatoms. The number of anilines is 1. The summed E-state index contributed by atoms with van der Waals surface area (Å²) in [6.45, 7) is 7.44. The summed E-state index contributed by atoms with van der Waals surface area (Å²) in [6, 6.07) is 0. The first-order chi connectivity index (χ1) is 8.97. The van der Waals surface area contributed by atoms with E-state index in [0.29, 0.717) is 18.1 Å². The summed E-state index contributed by atoms with van der Waals surface area (Å²) in [5.74, 6) is 0.567. The van der Waals surface area contributed by atoms with Crippen molar-refractivity contribution in [1.82, 2.24) is 9.78 Å². The van der Waals surface area contributed by atoms with E-state index in [1.165, 1.54) is 19.3 Å².